The van der Waals surface area contributed by atoms with E-state index in [1.54, 1.807) is 12.1 Å². The van der Waals surface area contributed by atoms with Gasteiger partial charge in [-0.25, -0.2) is 0 Å². The van der Waals surface area contributed by atoms with Crippen LogP contribution in [0.25, 0.3) is 0 Å². The van der Waals surface area contributed by atoms with Crippen molar-refractivity contribution < 1.29 is 17.3 Å². The second-order valence-corrected chi connectivity index (χ2v) is 15.7. The summed E-state index contributed by atoms with van der Waals surface area (Å²) >= 11 is 0. The lowest BCUT2D eigenvalue weighted by Crippen LogP contribution is -2.42. The van der Waals surface area contributed by atoms with Gasteiger partial charge in [0.05, 0.1) is 5.56 Å². The van der Waals surface area contributed by atoms with Crippen LogP contribution in [0.4, 0.5) is 13.2 Å². The molecule has 0 aliphatic rings. The van der Waals surface area contributed by atoms with E-state index in [2.05, 4.69) is 32.7 Å². The first-order valence-corrected chi connectivity index (χ1v) is 13.3. The van der Waals surface area contributed by atoms with Crippen LogP contribution in [0.1, 0.15) is 11.1 Å². The average molecular weight is 321 g/mol. The Kier molecular flexibility index (Phi) is 5.26. The number of benzene rings is 1. The lowest BCUT2D eigenvalue weighted by atomic mass is 10.1. The van der Waals surface area contributed by atoms with Crippen molar-refractivity contribution >= 4 is 16.6 Å². The normalized spacial score (nSPS) is 13.6. The molecule has 0 amide bonds. The molecule has 20 heavy (non-hydrogen) atoms. The summed E-state index contributed by atoms with van der Waals surface area (Å²) in [6.07, 6.45) is -3.48. The van der Waals surface area contributed by atoms with Crippen molar-refractivity contribution in [3.8, 4) is 0 Å². The summed E-state index contributed by atoms with van der Waals surface area (Å²) < 4.78 is 43.6. The van der Waals surface area contributed by atoms with E-state index in [0.29, 0.717) is 0 Å². The molecule has 0 bridgehead atoms. The van der Waals surface area contributed by atoms with Crippen molar-refractivity contribution in [2.75, 3.05) is 0 Å². The zero-order chi connectivity index (χ0) is 15.6. The third kappa shape index (κ3) is 6.24. The van der Waals surface area contributed by atoms with Gasteiger partial charge in [0.25, 0.3) is 0 Å². The Morgan fingerprint density at radius 3 is 1.85 bits per heavy atom. The highest BCUT2D eigenvalue weighted by atomic mass is 28.4. The summed E-state index contributed by atoms with van der Waals surface area (Å²) in [5, 5.41) is 0. The number of halogens is 3. The molecule has 1 aromatic rings. The molecule has 0 radical (unpaired) electrons. The van der Waals surface area contributed by atoms with E-state index in [0.717, 1.165) is 30.2 Å². The quantitative estimate of drug-likeness (QED) is 0.669. The second kappa shape index (κ2) is 6.03. The molecule has 0 spiro atoms. The molecule has 0 aromatic heterocycles. The number of hydrogen-bond acceptors (Lipinski definition) is 1. The van der Waals surface area contributed by atoms with E-state index in [4.69, 9.17) is 4.12 Å². The minimum Gasteiger partial charge on any atom is -0.456 e. The van der Waals surface area contributed by atoms with Gasteiger partial charge in [-0.2, -0.15) is 13.2 Å². The Balaban J connectivity index is 2.62. The van der Waals surface area contributed by atoms with Crippen LogP contribution < -0.4 is 0 Å². The summed E-state index contributed by atoms with van der Waals surface area (Å²) in [6, 6.07) is 6.39. The molecular formula is C14H23F3OSi2. The SMILES string of the molecule is C[Si](C)(C)O[Si](C)(C)CCc1ccc(C(F)(F)F)cc1. The van der Waals surface area contributed by atoms with Crippen molar-refractivity contribution in [3.63, 3.8) is 0 Å². The first-order chi connectivity index (χ1) is 8.89. The van der Waals surface area contributed by atoms with Crippen molar-refractivity contribution in [1.29, 1.82) is 0 Å². The highest BCUT2D eigenvalue weighted by Gasteiger charge is 2.31. The molecule has 1 rings (SSSR count). The van der Waals surface area contributed by atoms with E-state index in [1.165, 1.54) is 0 Å². The van der Waals surface area contributed by atoms with Crippen LogP contribution in [0, 0.1) is 0 Å². The molecule has 114 valence electrons. The van der Waals surface area contributed by atoms with Gasteiger partial charge < -0.3 is 4.12 Å². The first kappa shape index (κ1) is 17.5. The van der Waals surface area contributed by atoms with Gasteiger partial charge in [-0.3, -0.25) is 0 Å². The van der Waals surface area contributed by atoms with Crippen molar-refractivity contribution in [3.05, 3.63) is 35.4 Å². The number of rotatable bonds is 5. The van der Waals surface area contributed by atoms with Crippen LogP contribution in [0.15, 0.2) is 24.3 Å². The summed E-state index contributed by atoms with van der Waals surface area (Å²) in [5.41, 5.74) is 0.355. The Labute approximate surface area is 121 Å². The van der Waals surface area contributed by atoms with Crippen molar-refractivity contribution in [2.24, 2.45) is 0 Å². The second-order valence-electron chi connectivity index (χ2n) is 6.67. The summed E-state index contributed by atoms with van der Waals surface area (Å²) in [7, 11) is -3.28. The lowest BCUT2D eigenvalue weighted by molar-refractivity contribution is -0.137. The van der Waals surface area contributed by atoms with Crippen molar-refractivity contribution in [1.82, 2.24) is 0 Å². The largest absolute Gasteiger partial charge is 0.456 e. The fourth-order valence-electron chi connectivity index (χ4n) is 2.19. The maximum atomic E-state index is 12.5. The van der Waals surface area contributed by atoms with Gasteiger partial charge in [0.2, 0.25) is 0 Å². The van der Waals surface area contributed by atoms with Gasteiger partial charge in [-0.05, 0) is 62.9 Å². The highest BCUT2D eigenvalue weighted by molar-refractivity contribution is 6.84. The van der Waals surface area contributed by atoms with E-state index in [1.807, 2.05) is 0 Å². The fraction of sp³-hybridized carbons (Fsp3) is 0.571. The van der Waals surface area contributed by atoms with E-state index < -0.39 is 28.4 Å². The molecule has 0 aliphatic heterocycles. The van der Waals surface area contributed by atoms with E-state index in [9.17, 15) is 13.2 Å². The van der Waals surface area contributed by atoms with Crippen LogP contribution in [-0.4, -0.2) is 16.6 Å². The van der Waals surface area contributed by atoms with Gasteiger partial charge in [0.1, 0.15) is 0 Å². The fourth-order valence-corrected chi connectivity index (χ4v) is 10.1. The molecule has 0 aliphatic carbocycles. The predicted octanol–water partition coefficient (Wildman–Crippen LogP) is 5.30. The molecule has 0 saturated heterocycles. The van der Waals surface area contributed by atoms with E-state index in [-0.39, 0.29) is 0 Å². The third-order valence-corrected chi connectivity index (χ3v) is 8.99. The van der Waals surface area contributed by atoms with Gasteiger partial charge in [-0.15, -0.1) is 0 Å². The van der Waals surface area contributed by atoms with E-state index >= 15 is 0 Å². The van der Waals surface area contributed by atoms with Gasteiger partial charge in [0.15, 0.2) is 16.6 Å². The zero-order valence-electron chi connectivity index (χ0n) is 12.8. The first-order valence-electron chi connectivity index (χ1n) is 6.75. The van der Waals surface area contributed by atoms with Gasteiger partial charge >= 0.3 is 6.18 Å². The topological polar surface area (TPSA) is 9.23 Å². The minimum absolute atomic E-state index is 0.587. The Morgan fingerprint density at radius 1 is 0.950 bits per heavy atom. The summed E-state index contributed by atoms with van der Waals surface area (Å²) in [6.45, 7) is 10.9. The average Bonchev–Trinajstić information content (AvgIpc) is 2.22. The van der Waals surface area contributed by atoms with Crippen LogP contribution >= 0.6 is 0 Å². The Bertz CT molecular complexity index is 433. The Hall–Kier alpha value is -0.596. The maximum absolute atomic E-state index is 12.5. The molecule has 1 nitrogen and oxygen atoms in total. The molecule has 6 heteroatoms. The molecule has 0 unspecified atom stereocenters. The van der Waals surface area contributed by atoms with Crippen molar-refractivity contribution in [2.45, 2.75) is 51.4 Å². The lowest BCUT2D eigenvalue weighted by Gasteiger charge is -2.31. The Morgan fingerprint density at radius 2 is 1.45 bits per heavy atom. The van der Waals surface area contributed by atoms with Crippen LogP contribution in [0.5, 0.6) is 0 Å². The minimum atomic E-state index is -4.26. The summed E-state index contributed by atoms with van der Waals surface area (Å²) in [4.78, 5) is 0. The highest BCUT2D eigenvalue weighted by Crippen LogP contribution is 2.29. The van der Waals surface area contributed by atoms with Gasteiger partial charge in [0, 0.05) is 0 Å². The smallest absolute Gasteiger partial charge is 0.416 e. The van der Waals surface area contributed by atoms with Crippen LogP contribution in [-0.2, 0) is 16.7 Å². The summed E-state index contributed by atoms with van der Waals surface area (Å²) in [5.74, 6) is 0. The molecule has 0 heterocycles. The number of alkyl halides is 3. The molecule has 1 aromatic carbocycles. The molecule has 0 fully saturated rings. The molecule has 0 N–H and O–H groups in total. The molecule has 0 atom stereocenters. The van der Waals surface area contributed by atoms with Crippen LogP contribution in [0.2, 0.25) is 38.8 Å². The monoisotopic (exact) mass is 320 g/mol. The predicted molar refractivity (Wildman–Crippen MR) is 81.9 cm³/mol. The molecule has 0 saturated carbocycles. The molecular weight excluding hydrogens is 297 g/mol. The third-order valence-electron chi connectivity index (χ3n) is 2.88. The standard InChI is InChI=1S/C14H23F3OSi2/c1-19(2,3)18-20(4,5)11-10-12-6-8-13(9-7-12)14(15,16)17/h6-9H,10-11H2,1-5H3. The number of aryl methyl sites for hydroxylation is 1. The maximum Gasteiger partial charge on any atom is 0.416 e. The van der Waals surface area contributed by atoms with Gasteiger partial charge in [-0.1, -0.05) is 12.1 Å². The zero-order valence-corrected chi connectivity index (χ0v) is 14.8. The number of hydrogen-bond donors (Lipinski definition) is 0. The van der Waals surface area contributed by atoms with Crippen LogP contribution in [0.3, 0.4) is 0 Å².